The van der Waals surface area contributed by atoms with Crippen molar-refractivity contribution >= 4 is 58.5 Å². The van der Waals surface area contributed by atoms with Crippen LogP contribution in [0.3, 0.4) is 0 Å². The lowest BCUT2D eigenvalue weighted by atomic mass is 10.1. The van der Waals surface area contributed by atoms with E-state index >= 15 is 0 Å². The SMILES string of the molecule is O=C1CSC(c2ccc(Cl)cc2Cl)c2c(n(C3CCSCC3)[nH]c2=O)N1. The summed E-state index contributed by atoms with van der Waals surface area (Å²) < 4.78 is 1.86. The van der Waals surface area contributed by atoms with E-state index in [4.69, 9.17) is 23.2 Å². The summed E-state index contributed by atoms with van der Waals surface area (Å²) in [5.74, 6) is 2.83. The first kappa shape index (κ1) is 18.3. The van der Waals surface area contributed by atoms with Crippen LogP contribution in [-0.2, 0) is 4.79 Å². The molecule has 0 spiro atoms. The zero-order valence-corrected chi connectivity index (χ0v) is 16.9. The highest BCUT2D eigenvalue weighted by atomic mass is 35.5. The minimum Gasteiger partial charge on any atom is -0.310 e. The molecule has 0 aliphatic carbocycles. The number of rotatable bonds is 2. The number of carbonyl (C=O) groups excluding carboxylic acids is 1. The number of amides is 1. The van der Waals surface area contributed by atoms with Crippen LogP contribution in [0.1, 0.15) is 35.3 Å². The van der Waals surface area contributed by atoms with Crippen LogP contribution in [0.25, 0.3) is 0 Å². The quantitative estimate of drug-likeness (QED) is 0.745. The summed E-state index contributed by atoms with van der Waals surface area (Å²) in [6, 6.07) is 5.45. The van der Waals surface area contributed by atoms with Crippen molar-refractivity contribution in [2.45, 2.75) is 24.1 Å². The molecular formula is C17H17Cl2N3O2S2. The second kappa shape index (κ2) is 7.54. The Balaban J connectivity index is 1.84. The van der Waals surface area contributed by atoms with Gasteiger partial charge in [-0.15, -0.1) is 11.8 Å². The number of H-pyrrole nitrogens is 1. The van der Waals surface area contributed by atoms with Gasteiger partial charge >= 0.3 is 0 Å². The predicted octanol–water partition coefficient (Wildman–Crippen LogP) is 4.33. The third-order valence-electron chi connectivity index (χ3n) is 4.66. The van der Waals surface area contributed by atoms with Gasteiger partial charge in [0, 0.05) is 10.0 Å². The minimum atomic E-state index is -0.323. The second-order valence-electron chi connectivity index (χ2n) is 6.32. The molecule has 2 N–H and O–H groups in total. The van der Waals surface area contributed by atoms with E-state index in [9.17, 15) is 9.59 Å². The lowest BCUT2D eigenvalue weighted by molar-refractivity contribution is -0.113. The van der Waals surface area contributed by atoms with Gasteiger partial charge in [0.1, 0.15) is 5.82 Å². The zero-order valence-electron chi connectivity index (χ0n) is 13.8. The molecule has 1 fully saturated rings. The smallest absolute Gasteiger partial charge is 0.270 e. The molecule has 0 bridgehead atoms. The number of nitrogens with one attached hydrogen (secondary N) is 2. The summed E-state index contributed by atoms with van der Waals surface area (Å²) in [6.07, 6.45) is 1.94. The molecule has 138 valence electrons. The highest BCUT2D eigenvalue weighted by molar-refractivity contribution is 8.00. The van der Waals surface area contributed by atoms with Gasteiger partial charge in [-0.05, 0) is 42.0 Å². The standard InChI is InChI=1S/C17H17Cl2N3O2S2/c18-9-1-2-11(12(19)7-9)15-14-16(20-13(23)8-26-15)22(21-17(14)24)10-3-5-25-6-4-10/h1-2,7,10,15H,3-6,8H2,(H,20,23)(H,21,24). The Kier molecular flexibility index (Phi) is 5.32. The largest absolute Gasteiger partial charge is 0.310 e. The number of aromatic nitrogens is 2. The molecule has 1 amide bonds. The van der Waals surface area contributed by atoms with Gasteiger partial charge in [-0.1, -0.05) is 29.3 Å². The molecule has 1 atom stereocenters. The maximum Gasteiger partial charge on any atom is 0.270 e. The number of carbonyl (C=O) groups is 1. The van der Waals surface area contributed by atoms with Crippen LogP contribution in [-0.4, -0.2) is 32.9 Å². The monoisotopic (exact) mass is 429 g/mol. The van der Waals surface area contributed by atoms with Crippen molar-refractivity contribution in [3.8, 4) is 0 Å². The van der Waals surface area contributed by atoms with Crippen LogP contribution < -0.4 is 10.9 Å². The van der Waals surface area contributed by atoms with Crippen LogP contribution >= 0.6 is 46.7 Å². The average Bonchev–Trinajstić information content (AvgIpc) is 2.83. The fourth-order valence-corrected chi connectivity index (χ4v) is 6.25. The van der Waals surface area contributed by atoms with Crippen molar-refractivity contribution in [2.24, 2.45) is 0 Å². The van der Waals surface area contributed by atoms with E-state index in [0.717, 1.165) is 29.9 Å². The number of hydrogen-bond acceptors (Lipinski definition) is 4. The third-order valence-corrected chi connectivity index (χ3v) is 7.53. The first-order valence-electron chi connectivity index (χ1n) is 8.33. The molecular weight excluding hydrogens is 413 g/mol. The number of aromatic amines is 1. The van der Waals surface area contributed by atoms with E-state index in [1.807, 2.05) is 22.5 Å². The summed E-state index contributed by atoms with van der Waals surface area (Å²) in [5.41, 5.74) is 1.17. The number of anilines is 1. The van der Waals surface area contributed by atoms with Crippen LogP contribution in [0.15, 0.2) is 23.0 Å². The summed E-state index contributed by atoms with van der Waals surface area (Å²) >= 11 is 15.7. The van der Waals surface area contributed by atoms with Crippen molar-refractivity contribution in [3.05, 3.63) is 49.7 Å². The normalized spacial score (nSPS) is 21.2. The van der Waals surface area contributed by atoms with Crippen LogP contribution in [0.4, 0.5) is 5.82 Å². The number of hydrogen-bond donors (Lipinski definition) is 2. The van der Waals surface area contributed by atoms with Gasteiger partial charge in [0.05, 0.1) is 22.6 Å². The molecule has 26 heavy (non-hydrogen) atoms. The molecule has 5 nitrogen and oxygen atoms in total. The highest BCUT2D eigenvalue weighted by Crippen LogP contribution is 2.44. The van der Waals surface area contributed by atoms with Crippen LogP contribution in [0.5, 0.6) is 0 Å². The summed E-state index contributed by atoms with van der Waals surface area (Å²) in [7, 11) is 0. The summed E-state index contributed by atoms with van der Waals surface area (Å²) in [5, 5.41) is 6.61. The molecule has 0 saturated carbocycles. The maximum atomic E-state index is 12.8. The topological polar surface area (TPSA) is 66.9 Å². The van der Waals surface area contributed by atoms with Gasteiger partial charge in [-0.2, -0.15) is 11.8 Å². The van der Waals surface area contributed by atoms with Gasteiger partial charge in [0.2, 0.25) is 5.91 Å². The Morgan fingerprint density at radius 3 is 2.65 bits per heavy atom. The molecule has 1 unspecified atom stereocenters. The Labute approximate surface area is 169 Å². The lowest BCUT2D eigenvalue weighted by Crippen LogP contribution is -2.22. The number of thioether (sulfide) groups is 2. The second-order valence-corrected chi connectivity index (χ2v) is 9.48. The Bertz CT molecular complexity index is 906. The predicted molar refractivity (Wildman–Crippen MR) is 110 cm³/mol. The molecule has 1 aromatic carbocycles. The zero-order chi connectivity index (χ0) is 18.3. The molecule has 1 saturated heterocycles. The number of benzene rings is 1. The Morgan fingerprint density at radius 2 is 1.92 bits per heavy atom. The van der Waals surface area contributed by atoms with E-state index in [1.54, 1.807) is 12.1 Å². The summed E-state index contributed by atoms with van der Waals surface area (Å²) in [6.45, 7) is 0. The van der Waals surface area contributed by atoms with Gasteiger partial charge < -0.3 is 5.32 Å². The molecule has 0 radical (unpaired) electrons. The number of halogens is 2. The van der Waals surface area contributed by atoms with Gasteiger partial charge in [0.15, 0.2) is 0 Å². The molecule has 2 aliphatic rings. The van der Waals surface area contributed by atoms with Crippen molar-refractivity contribution in [3.63, 3.8) is 0 Å². The Morgan fingerprint density at radius 1 is 1.15 bits per heavy atom. The molecule has 4 rings (SSSR count). The van der Waals surface area contributed by atoms with E-state index in [2.05, 4.69) is 10.4 Å². The van der Waals surface area contributed by atoms with E-state index in [1.165, 1.54) is 11.8 Å². The van der Waals surface area contributed by atoms with Crippen LogP contribution in [0.2, 0.25) is 10.0 Å². The first-order valence-corrected chi connectivity index (χ1v) is 11.3. The maximum absolute atomic E-state index is 12.8. The minimum absolute atomic E-state index is 0.109. The third kappa shape index (κ3) is 3.42. The fraction of sp³-hybridized carbons (Fsp3) is 0.412. The molecule has 1 aromatic heterocycles. The van der Waals surface area contributed by atoms with Gasteiger partial charge in [0.25, 0.3) is 5.56 Å². The van der Waals surface area contributed by atoms with Gasteiger partial charge in [-0.3, -0.25) is 19.4 Å². The van der Waals surface area contributed by atoms with Crippen molar-refractivity contribution in [1.82, 2.24) is 9.78 Å². The summed E-state index contributed by atoms with van der Waals surface area (Å²) in [4.78, 5) is 25.1. The molecule has 2 aliphatic heterocycles. The van der Waals surface area contributed by atoms with E-state index in [-0.39, 0.29) is 28.5 Å². The number of nitrogens with zero attached hydrogens (tertiary/aromatic N) is 1. The van der Waals surface area contributed by atoms with Crippen molar-refractivity contribution in [1.29, 1.82) is 0 Å². The van der Waals surface area contributed by atoms with Crippen molar-refractivity contribution in [2.75, 3.05) is 22.6 Å². The highest BCUT2D eigenvalue weighted by Gasteiger charge is 2.33. The molecule has 3 heterocycles. The molecule has 9 heteroatoms. The fourth-order valence-electron chi connectivity index (χ4n) is 3.42. The lowest BCUT2D eigenvalue weighted by Gasteiger charge is -2.24. The van der Waals surface area contributed by atoms with Crippen LogP contribution in [0, 0.1) is 0 Å². The van der Waals surface area contributed by atoms with Crippen molar-refractivity contribution < 1.29 is 4.79 Å². The van der Waals surface area contributed by atoms with E-state index < -0.39 is 0 Å². The number of fused-ring (bicyclic) bond motifs is 1. The van der Waals surface area contributed by atoms with Gasteiger partial charge in [-0.25, -0.2) is 0 Å². The average molecular weight is 430 g/mol. The molecule has 2 aromatic rings. The van der Waals surface area contributed by atoms with E-state index in [0.29, 0.717) is 21.4 Å². The Hall–Kier alpha value is -1.02. The first-order chi connectivity index (χ1) is 12.5.